The molecule has 1 unspecified atom stereocenters. The van der Waals surface area contributed by atoms with Gasteiger partial charge in [0.1, 0.15) is 4.90 Å². The molecule has 0 saturated carbocycles. The van der Waals surface area contributed by atoms with E-state index in [-0.39, 0.29) is 10.7 Å². The first kappa shape index (κ1) is 14.3. The number of nitrogens with two attached hydrogens (primary N) is 1. The molecule has 0 radical (unpaired) electrons. The molecule has 1 aliphatic heterocycles. The fourth-order valence-electron chi connectivity index (χ4n) is 2.34. The molecule has 0 amide bonds. The summed E-state index contributed by atoms with van der Waals surface area (Å²) in [6.07, 6.45) is 1.58. The molecule has 1 aliphatic rings. The monoisotopic (exact) mass is 288 g/mol. The van der Waals surface area contributed by atoms with Crippen LogP contribution in [0.4, 0.5) is 5.82 Å². The van der Waals surface area contributed by atoms with Crippen LogP contribution >= 0.6 is 0 Å². The molecular formula is C11H20N4O3S. The number of nitrogens with one attached hydrogen (secondary N) is 1. The Hall–Kier alpha value is -1.12. The molecule has 2 heterocycles. The lowest BCUT2D eigenvalue weighted by atomic mass is 9.97. The minimum Gasteiger partial charge on any atom is -0.381 e. The van der Waals surface area contributed by atoms with Crippen LogP contribution in [0.3, 0.4) is 0 Å². The molecule has 3 N–H and O–H groups in total. The van der Waals surface area contributed by atoms with Gasteiger partial charge < -0.3 is 10.5 Å². The molecule has 1 saturated heterocycles. The fraction of sp³-hybridized carbons (Fsp3) is 0.727. The predicted octanol–water partition coefficient (Wildman–Crippen LogP) is 0.158. The van der Waals surface area contributed by atoms with Crippen LogP contribution in [0, 0.1) is 6.92 Å². The molecule has 0 spiro atoms. The maximum atomic E-state index is 12.5. The van der Waals surface area contributed by atoms with Gasteiger partial charge >= 0.3 is 0 Å². The summed E-state index contributed by atoms with van der Waals surface area (Å²) in [6.45, 7) is 4.56. The first-order valence-corrected chi connectivity index (χ1v) is 7.64. The van der Waals surface area contributed by atoms with Crippen molar-refractivity contribution in [3.05, 3.63) is 5.69 Å². The Balaban J connectivity index is 2.32. The second-order valence-corrected chi connectivity index (χ2v) is 6.86. The summed E-state index contributed by atoms with van der Waals surface area (Å²) >= 11 is 0. The first-order chi connectivity index (χ1) is 8.75. The predicted molar refractivity (Wildman–Crippen MR) is 71.1 cm³/mol. The molecule has 1 fully saturated rings. The summed E-state index contributed by atoms with van der Waals surface area (Å²) in [4.78, 5) is 0.0572. The van der Waals surface area contributed by atoms with Gasteiger partial charge in [0.15, 0.2) is 5.82 Å². The molecule has 1 aromatic rings. The molecule has 8 heteroatoms. The number of anilines is 1. The Bertz CT molecular complexity index is 573. The topological polar surface area (TPSA) is 99.2 Å². The third-order valence-electron chi connectivity index (χ3n) is 3.39. The first-order valence-electron chi connectivity index (χ1n) is 6.16. The molecule has 0 aromatic carbocycles. The Morgan fingerprint density at radius 2 is 2.21 bits per heavy atom. The van der Waals surface area contributed by atoms with Crippen LogP contribution in [0.25, 0.3) is 0 Å². The minimum absolute atomic E-state index is 0.0211. The number of aryl methyl sites for hydroxylation is 1. The number of nitrogens with zero attached hydrogens (tertiary/aromatic N) is 2. The van der Waals surface area contributed by atoms with E-state index in [9.17, 15) is 8.42 Å². The molecule has 108 valence electrons. The van der Waals surface area contributed by atoms with Crippen molar-refractivity contribution in [3.8, 4) is 0 Å². The van der Waals surface area contributed by atoms with Crippen LogP contribution in [0.1, 0.15) is 25.5 Å². The number of aromatic nitrogens is 2. The van der Waals surface area contributed by atoms with Gasteiger partial charge in [-0.15, -0.1) is 0 Å². The van der Waals surface area contributed by atoms with Crippen LogP contribution < -0.4 is 10.5 Å². The molecule has 19 heavy (non-hydrogen) atoms. The van der Waals surface area contributed by atoms with E-state index in [0.29, 0.717) is 18.9 Å². The second-order valence-electron chi connectivity index (χ2n) is 5.25. The summed E-state index contributed by atoms with van der Waals surface area (Å²) in [5.41, 5.74) is 5.62. The number of nitrogen functional groups attached to an aromatic ring is 1. The Labute approximate surface area is 113 Å². The number of sulfonamides is 1. The largest absolute Gasteiger partial charge is 0.381 e. The number of rotatable bonds is 3. The molecule has 0 bridgehead atoms. The van der Waals surface area contributed by atoms with E-state index >= 15 is 0 Å². The van der Waals surface area contributed by atoms with Crippen molar-refractivity contribution >= 4 is 15.8 Å². The summed E-state index contributed by atoms with van der Waals surface area (Å²) in [6, 6.07) is 0. The highest BCUT2D eigenvalue weighted by atomic mass is 32.2. The van der Waals surface area contributed by atoms with Crippen molar-refractivity contribution in [1.29, 1.82) is 0 Å². The SMILES string of the molecule is Cc1c(S(=O)(=O)NC2(C)CCCOC2)c(N)nn1C. The standard InChI is InChI=1S/C11H20N4O3S/c1-8-9(10(12)13-15(8)3)19(16,17)14-11(2)5-4-6-18-7-11/h14H,4-7H2,1-3H3,(H2,12,13). The quantitative estimate of drug-likeness (QED) is 0.825. The lowest BCUT2D eigenvalue weighted by Crippen LogP contribution is -2.51. The lowest BCUT2D eigenvalue weighted by Gasteiger charge is -2.33. The van der Waals surface area contributed by atoms with Crippen molar-refractivity contribution < 1.29 is 13.2 Å². The average Bonchev–Trinajstić information content (AvgIpc) is 2.52. The van der Waals surface area contributed by atoms with Gasteiger partial charge in [0.05, 0.1) is 17.8 Å². The van der Waals surface area contributed by atoms with Gasteiger partial charge in [0, 0.05) is 13.7 Å². The number of ether oxygens (including phenoxy) is 1. The number of hydrogen-bond donors (Lipinski definition) is 2. The zero-order valence-corrected chi connectivity index (χ0v) is 12.2. The molecule has 1 aromatic heterocycles. The third kappa shape index (κ3) is 2.75. The summed E-state index contributed by atoms with van der Waals surface area (Å²) in [5, 5.41) is 3.94. The maximum Gasteiger partial charge on any atom is 0.246 e. The van der Waals surface area contributed by atoms with Crippen LogP contribution in [0.2, 0.25) is 0 Å². The maximum absolute atomic E-state index is 12.5. The van der Waals surface area contributed by atoms with Crippen LogP contribution in [0.5, 0.6) is 0 Å². The van der Waals surface area contributed by atoms with Gasteiger partial charge in [-0.2, -0.15) is 5.10 Å². The zero-order valence-electron chi connectivity index (χ0n) is 11.4. The van der Waals surface area contributed by atoms with Gasteiger partial charge in [-0.25, -0.2) is 13.1 Å². The lowest BCUT2D eigenvalue weighted by molar-refractivity contribution is 0.0386. The van der Waals surface area contributed by atoms with Crippen LogP contribution in [-0.2, 0) is 21.8 Å². The molecule has 0 aliphatic carbocycles. The van der Waals surface area contributed by atoms with Crippen LogP contribution in [-0.4, -0.2) is 37.0 Å². The molecular weight excluding hydrogens is 268 g/mol. The van der Waals surface area contributed by atoms with Gasteiger partial charge in [-0.05, 0) is 26.7 Å². The smallest absolute Gasteiger partial charge is 0.246 e. The fourth-order valence-corrected chi connectivity index (χ4v) is 4.09. The highest BCUT2D eigenvalue weighted by Crippen LogP contribution is 2.25. The summed E-state index contributed by atoms with van der Waals surface area (Å²) in [5.74, 6) is 0.0211. The van der Waals surface area contributed by atoms with E-state index < -0.39 is 15.6 Å². The van der Waals surface area contributed by atoms with E-state index in [0.717, 1.165) is 12.8 Å². The number of hydrogen-bond acceptors (Lipinski definition) is 5. The van der Waals surface area contributed by atoms with E-state index in [1.54, 1.807) is 14.0 Å². The van der Waals surface area contributed by atoms with E-state index in [1.165, 1.54) is 4.68 Å². The van der Waals surface area contributed by atoms with Crippen molar-refractivity contribution in [2.75, 3.05) is 18.9 Å². The van der Waals surface area contributed by atoms with E-state index in [4.69, 9.17) is 10.5 Å². The van der Waals surface area contributed by atoms with Crippen molar-refractivity contribution in [2.24, 2.45) is 7.05 Å². The normalized spacial score (nSPS) is 24.6. The Kier molecular flexibility index (Phi) is 3.59. The van der Waals surface area contributed by atoms with Crippen molar-refractivity contribution in [1.82, 2.24) is 14.5 Å². The van der Waals surface area contributed by atoms with Gasteiger partial charge in [0.25, 0.3) is 0 Å². The zero-order chi connectivity index (χ0) is 14.3. The van der Waals surface area contributed by atoms with Crippen molar-refractivity contribution in [3.63, 3.8) is 0 Å². The highest BCUT2D eigenvalue weighted by molar-refractivity contribution is 7.89. The van der Waals surface area contributed by atoms with Crippen molar-refractivity contribution in [2.45, 2.75) is 37.1 Å². The average molecular weight is 288 g/mol. The molecule has 7 nitrogen and oxygen atoms in total. The van der Waals surface area contributed by atoms with E-state index in [1.807, 2.05) is 6.92 Å². The van der Waals surface area contributed by atoms with E-state index in [2.05, 4.69) is 9.82 Å². The molecule has 2 rings (SSSR count). The minimum atomic E-state index is -3.70. The molecule has 1 atom stereocenters. The third-order valence-corrected chi connectivity index (χ3v) is 5.20. The highest BCUT2D eigenvalue weighted by Gasteiger charge is 2.35. The Morgan fingerprint density at radius 3 is 2.68 bits per heavy atom. The Morgan fingerprint density at radius 1 is 1.53 bits per heavy atom. The summed E-state index contributed by atoms with van der Waals surface area (Å²) in [7, 11) is -2.03. The van der Waals surface area contributed by atoms with Gasteiger partial charge in [0.2, 0.25) is 10.0 Å². The van der Waals surface area contributed by atoms with Crippen LogP contribution in [0.15, 0.2) is 4.90 Å². The van der Waals surface area contributed by atoms with Gasteiger partial charge in [-0.3, -0.25) is 4.68 Å². The van der Waals surface area contributed by atoms with Gasteiger partial charge in [-0.1, -0.05) is 0 Å². The second kappa shape index (κ2) is 4.77. The summed E-state index contributed by atoms with van der Waals surface area (Å²) < 4.78 is 34.4.